The van der Waals surface area contributed by atoms with Crippen LogP contribution in [0.3, 0.4) is 0 Å². The highest BCUT2D eigenvalue weighted by Crippen LogP contribution is 2.35. The van der Waals surface area contributed by atoms with E-state index in [1.807, 2.05) is 30.3 Å². The molecule has 0 unspecified atom stereocenters. The predicted octanol–water partition coefficient (Wildman–Crippen LogP) is 3.29. The molecular weight excluding hydrogens is 296 g/mol. The van der Waals surface area contributed by atoms with Gasteiger partial charge in [0.25, 0.3) is 0 Å². The Morgan fingerprint density at radius 1 is 1.06 bits per heavy atom. The normalized spacial score (nSPS) is 10.3. The number of Topliss-reactive ketones (excluding diaryl/α,β-unsaturated/α-hetero) is 1. The van der Waals surface area contributed by atoms with Crippen LogP contribution in [0.4, 0.5) is 0 Å². The van der Waals surface area contributed by atoms with Crippen molar-refractivity contribution in [2.45, 2.75) is 6.42 Å². The van der Waals surface area contributed by atoms with Crippen LogP contribution in [0.15, 0.2) is 46.9 Å². The molecule has 0 saturated carbocycles. The molecule has 0 amide bonds. The summed E-state index contributed by atoms with van der Waals surface area (Å²) in [6, 6.07) is 12.1. The summed E-state index contributed by atoms with van der Waals surface area (Å²) in [5, 5.41) is 19.2. The fourth-order valence-corrected chi connectivity index (χ4v) is 2.00. The molecule has 0 saturated heterocycles. The number of phenolic OH excluding ortho intramolecular Hbond substituents is 2. The number of hydrogen-bond donors (Lipinski definition) is 2. The van der Waals surface area contributed by atoms with Gasteiger partial charge in [-0.15, -0.1) is 0 Å². The second kappa shape index (κ2) is 5.23. The molecule has 0 heterocycles. The van der Waals surface area contributed by atoms with E-state index in [0.29, 0.717) is 0 Å². The van der Waals surface area contributed by atoms with Crippen molar-refractivity contribution in [3.63, 3.8) is 0 Å². The number of ketones is 1. The first-order valence-electron chi connectivity index (χ1n) is 5.37. The minimum atomic E-state index is -0.226. The van der Waals surface area contributed by atoms with Crippen LogP contribution in [0.2, 0.25) is 0 Å². The third kappa shape index (κ3) is 2.54. The summed E-state index contributed by atoms with van der Waals surface area (Å²) in [6.45, 7) is 0. The lowest BCUT2D eigenvalue weighted by Crippen LogP contribution is -2.04. The van der Waals surface area contributed by atoms with Gasteiger partial charge in [0.2, 0.25) is 0 Å². The summed E-state index contributed by atoms with van der Waals surface area (Å²) in [5.74, 6) is -0.515. The number of carbonyl (C=O) groups excluding carboxylic acids is 1. The van der Waals surface area contributed by atoms with Gasteiger partial charge in [0.1, 0.15) is 16.0 Å². The van der Waals surface area contributed by atoms with Crippen LogP contribution in [0.5, 0.6) is 11.5 Å². The molecular formula is C14H11BrO3. The van der Waals surface area contributed by atoms with Gasteiger partial charge in [0.15, 0.2) is 5.78 Å². The highest BCUT2D eigenvalue weighted by atomic mass is 79.9. The maximum absolute atomic E-state index is 12.0. The number of rotatable bonds is 3. The van der Waals surface area contributed by atoms with Crippen molar-refractivity contribution in [2.75, 3.05) is 0 Å². The van der Waals surface area contributed by atoms with Crippen molar-refractivity contribution < 1.29 is 15.0 Å². The Morgan fingerprint density at radius 3 is 2.39 bits per heavy atom. The molecule has 2 aromatic carbocycles. The number of phenols is 2. The fraction of sp³-hybridized carbons (Fsp3) is 0.0714. The Labute approximate surface area is 113 Å². The van der Waals surface area contributed by atoms with Gasteiger partial charge in [-0.1, -0.05) is 30.3 Å². The van der Waals surface area contributed by atoms with Crippen molar-refractivity contribution in [3.8, 4) is 11.5 Å². The van der Waals surface area contributed by atoms with E-state index in [-0.39, 0.29) is 33.7 Å². The first-order chi connectivity index (χ1) is 8.59. The summed E-state index contributed by atoms with van der Waals surface area (Å²) in [4.78, 5) is 12.0. The average molecular weight is 307 g/mol. The van der Waals surface area contributed by atoms with E-state index in [0.717, 1.165) is 5.56 Å². The Kier molecular flexibility index (Phi) is 3.67. The molecule has 0 aliphatic rings. The molecule has 0 bridgehead atoms. The highest BCUT2D eigenvalue weighted by Gasteiger charge is 2.16. The van der Waals surface area contributed by atoms with E-state index < -0.39 is 0 Å². The van der Waals surface area contributed by atoms with Gasteiger partial charge in [-0.05, 0) is 33.6 Å². The van der Waals surface area contributed by atoms with Crippen LogP contribution >= 0.6 is 15.9 Å². The first kappa shape index (κ1) is 12.6. The third-order valence-electron chi connectivity index (χ3n) is 2.60. The minimum absolute atomic E-state index is 0.0937. The van der Waals surface area contributed by atoms with Gasteiger partial charge in [0, 0.05) is 6.42 Å². The molecule has 92 valence electrons. The molecule has 0 radical (unpaired) electrons. The third-order valence-corrected chi connectivity index (χ3v) is 3.39. The van der Waals surface area contributed by atoms with Gasteiger partial charge < -0.3 is 10.2 Å². The Balaban J connectivity index is 2.28. The van der Waals surface area contributed by atoms with Crippen LogP contribution in [-0.4, -0.2) is 16.0 Å². The number of benzene rings is 2. The van der Waals surface area contributed by atoms with E-state index in [2.05, 4.69) is 15.9 Å². The van der Waals surface area contributed by atoms with E-state index in [1.54, 1.807) is 0 Å². The fourth-order valence-electron chi connectivity index (χ4n) is 1.66. The quantitative estimate of drug-likeness (QED) is 0.856. The van der Waals surface area contributed by atoms with E-state index in [4.69, 9.17) is 0 Å². The van der Waals surface area contributed by atoms with Crippen molar-refractivity contribution in [3.05, 3.63) is 58.1 Å². The average Bonchev–Trinajstić information content (AvgIpc) is 2.37. The summed E-state index contributed by atoms with van der Waals surface area (Å²) in [6.07, 6.45) is 0.214. The molecule has 0 atom stereocenters. The van der Waals surface area contributed by atoms with Crippen LogP contribution in [0, 0.1) is 0 Å². The summed E-state index contributed by atoms with van der Waals surface area (Å²) in [7, 11) is 0. The number of hydrogen-bond acceptors (Lipinski definition) is 3. The second-order valence-corrected chi connectivity index (χ2v) is 4.67. The Bertz CT molecular complexity index is 579. The Morgan fingerprint density at radius 2 is 1.72 bits per heavy atom. The zero-order chi connectivity index (χ0) is 13.1. The highest BCUT2D eigenvalue weighted by molar-refractivity contribution is 9.10. The van der Waals surface area contributed by atoms with Crippen LogP contribution in [0.1, 0.15) is 15.9 Å². The lowest BCUT2D eigenvalue weighted by atomic mass is 10.0. The molecule has 0 fully saturated rings. The van der Waals surface area contributed by atoms with Crippen molar-refractivity contribution >= 4 is 21.7 Å². The lowest BCUT2D eigenvalue weighted by Gasteiger charge is -2.07. The largest absolute Gasteiger partial charge is 0.507 e. The molecule has 0 aliphatic heterocycles. The van der Waals surface area contributed by atoms with Gasteiger partial charge in [0.05, 0.1) is 5.56 Å². The monoisotopic (exact) mass is 306 g/mol. The standard InChI is InChI=1S/C14H11BrO3/c15-13-11(16)7-6-10(14(13)18)12(17)8-9-4-2-1-3-5-9/h1-7,16,18H,8H2. The number of aromatic hydroxyl groups is 2. The van der Waals surface area contributed by atoms with E-state index in [9.17, 15) is 15.0 Å². The zero-order valence-corrected chi connectivity index (χ0v) is 11.0. The van der Waals surface area contributed by atoms with E-state index >= 15 is 0 Å². The van der Waals surface area contributed by atoms with Crippen molar-refractivity contribution in [1.82, 2.24) is 0 Å². The van der Waals surface area contributed by atoms with E-state index in [1.165, 1.54) is 12.1 Å². The Hall–Kier alpha value is -1.81. The molecule has 2 rings (SSSR count). The summed E-state index contributed by atoms with van der Waals surface area (Å²) in [5.41, 5.74) is 1.08. The second-order valence-electron chi connectivity index (χ2n) is 3.88. The summed E-state index contributed by atoms with van der Waals surface area (Å²) >= 11 is 3.03. The maximum atomic E-state index is 12.0. The number of halogens is 1. The topological polar surface area (TPSA) is 57.5 Å². The lowest BCUT2D eigenvalue weighted by molar-refractivity contribution is 0.0990. The smallest absolute Gasteiger partial charge is 0.170 e. The van der Waals surface area contributed by atoms with Gasteiger partial charge >= 0.3 is 0 Å². The molecule has 3 nitrogen and oxygen atoms in total. The SMILES string of the molecule is O=C(Cc1ccccc1)c1ccc(O)c(Br)c1O. The molecule has 0 spiro atoms. The van der Waals surface area contributed by atoms with Crippen molar-refractivity contribution in [1.29, 1.82) is 0 Å². The van der Waals surface area contributed by atoms with Crippen LogP contribution < -0.4 is 0 Å². The van der Waals surface area contributed by atoms with Crippen LogP contribution in [-0.2, 0) is 6.42 Å². The van der Waals surface area contributed by atoms with Crippen LogP contribution in [0.25, 0.3) is 0 Å². The molecule has 0 aromatic heterocycles. The molecule has 0 aliphatic carbocycles. The van der Waals surface area contributed by atoms with Crippen molar-refractivity contribution in [2.24, 2.45) is 0 Å². The first-order valence-corrected chi connectivity index (χ1v) is 6.16. The van der Waals surface area contributed by atoms with Gasteiger partial charge in [-0.2, -0.15) is 0 Å². The number of carbonyl (C=O) groups is 1. The maximum Gasteiger partial charge on any atom is 0.170 e. The molecule has 2 aromatic rings. The van der Waals surface area contributed by atoms with Gasteiger partial charge in [-0.3, -0.25) is 4.79 Å². The summed E-state index contributed by atoms with van der Waals surface area (Å²) < 4.78 is 0.140. The minimum Gasteiger partial charge on any atom is -0.507 e. The molecule has 2 N–H and O–H groups in total. The molecule has 18 heavy (non-hydrogen) atoms. The zero-order valence-electron chi connectivity index (χ0n) is 9.43. The molecule has 4 heteroatoms. The predicted molar refractivity (Wildman–Crippen MR) is 71.9 cm³/mol. The van der Waals surface area contributed by atoms with Gasteiger partial charge in [-0.25, -0.2) is 0 Å².